The van der Waals surface area contributed by atoms with Gasteiger partial charge in [-0.2, -0.15) is 0 Å². The Balaban J connectivity index is 1.94. The molecule has 1 fully saturated rings. The average molecular weight is 289 g/mol. The zero-order valence-electron chi connectivity index (χ0n) is 11.5. The van der Waals surface area contributed by atoms with E-state index in [4.69, 9.17) is 9.15 Å². The van der Waals surface area contributed by atoms with E-state index in [2.05, 4.69) is 5.32 Å². The van der Waals surface area contributed by atoms with Crippen LogP contribution in [0, 0.1) is 6.92 Å². The number of aliphatic carboxylic acids is 1. The molecule has 1 saturated heterocycles. The van der Waals surface area contributed by atoms with Crippen molar-refractivity contribution in [3.05, 3.63) is 35.6 Å². The van der Waals surface area contributed by atoms with E-state index in [9.17, 15) is 14.7 Å². The van der Waals surface area contributed by atoms with Crippen molar-refractivity contribution in [3.63, 3.8) is 0 Å². The minimum atomic E-state index is -1.37. The highest BCUT2D eigenvalue weighted by Crippen LogP contribution is 2.26. The summed E-state index contributed by atoms with van der Waals surface area (Å²) in [5.41, 5.74) is -0.0718. The van der Waals surface area contributed by atoms with Crippen LogP contribution in [0.3, 0.4) is 0 Å². The Morgan fingerprint density at radius 3 is 2.71 bits per heavy atom. The van der Waals surface area contributed by atoms with Crippen LogP contribution in [0.25, 0.3) is 11.0 Å². The summed E-state index contributed by atoms with van der Waals surface area (Å²) >= 11 is 0. The average Bonchev–Trinajstić information content (AvgIpc) is 3.05. The summed E-state index contributed by atoms with van der Waals surface area (Å²) in [6.07, 6.45) is 0.243. The SMILES string of the molecule is Cc1c(C(=O)NC2(C(=O)O)CCOC2)oc2ccccc12. The van der Waals surface area contributed by atoms with Gasteiger partial charge in [-0.1, -0.05) is 18.2 Å². The Morgan fingerprint density at radius 2 is 2.10 bits per heavy atom. The number of amides is 1. The first kappa shape index (κ1) is 13.6. The van der Waals surface area contributed by atoms with Crippen molar-refractivity contribution in [2.45, 2.75) is 18.9 Å². The first-order valence-electron chi connectivity index (χ1n) is 6.65. The fourth-order valence-electron chi connectivity index (χ4n) is 2.55. The van der Waals surface area contributed by atoms with Gasteiger partial charge in [-0.15, -0.1) is 0 Å². The maximum Gasteiger partial charge on any atom is 0.331 e. The molecular weight excluding hydrogens is 274 g/mol. The molecule has 21 heavy (non-hydrogen) atoms. The van der Waals surface area contributed by atoms with Gasteiger partial charge < -0.3 is 19.6 Å². The molecule has 6 nitrogen and oxygen atoms in total. The molecule has 1 aromatic heterocycles. The zero-order valence-corrected chi connectivity index (χ0v) is 11.5. The second-order valence-corrected chi connectivity index (χ2v) is 5.20. The van der Waals surface area contributed by atoms with E-state index in [1.54, 1.807) is 13.0 Å². The second-order valence-electron chi connectivity index (χ2n) is 5.20. The standard InChI is InChI=1S/C15H15NO5/c1-9-10-4-2-3-5-11(10)21-12(9)13(17)16-15(14(18)19)6-7-20-8-15/h2-5H,6-8H2,1H3,(H,16,17)(H,18,19). The molecule has 0 aliphatic carbocycles. The number of carboxylic acids is 1. The number of furan rings is 1. The number of aryl methyl sites for hydroxylation is 1. The number of hydrogen-bond acceptors (Lipinski definition) is 4. The maximum atomic E-state index is 12.4. The lowest BCUT2D eigenvalue weighted by atomic mass is 9.98. The lowest BCUT2D eigenvalue weighted by molar-refractivity contribution is -0.144. The normalized spacial score (nSPS) is 21.6. The third-order valence-electron chi connectivity index (χ3n) is 3.83. The van der Waals surface area contributed by atoms with Gasteiger partial charge in [0, 0.05) is 24.0 Å². The quantitative estimate of drug-likeness (QED) is 0.898. The van der Waals surface area contributed by atoms with Gasteiger partial charge in [0.05, 0.1) is 6.61 Å². The first-order chi connectivity index (χ1) is 10.0. The Morgan fingerprint density at radius 1 is 1.33 bits per heavy atom. The van der Waals surface area contributed by atoms with Crippen LogP contribution in [0.2, 0.25) is 0 Å². The molecule has 1 aliphatic heterocycles. The van der Waals surface area contributed by atoms with E-state index >= 15 is 0 Å². The van der Waals surface area contributed by atoms with E-state index in [0.717, 1.165) is 5.39 Å². The molecule has 0 bridgehead atoms. The van der Waals surface area contributed by atoms with E-state index in [0.29, 0.717) is 17.8 Å². The molecular formula is C15H15NO5. The van der Waals surface area contributed by atoms with Crippen molar-refractivity contribution >= 4 is 22.8 Å². The molecule has 1 unspecified atom stereocenters. The van der Waals surface area contributed by atoms with Crippen LogP contribution < -0.4 is 5.32 Å². The number of rotatable bonds is 3. The summed E-state index contributed by atoms with van der Waals surface area (Å²) in [5, 5.41) is 12.7. The molecule has 1 atom stereocenters. The Kier molecular flexibility index (Phi) is 3.17. The number of benzene rings is 1. The molecule has 3 rings (SSSR count). The largest absolute Gasteiger partial charge is 0.479 e. The minimum Gasteiger partial charge on any atom is -0.479 e. The van der Waals surface area contributed by atoms with Gasteiger partial charge in [-0.3, -0.25) is 4.79 Å². The molecule has 1 amide bonds. The van der Waals surface area contributed by atoms with Gasteiger partial charge in [0.15, 0.2) is 11.3 Å². The topological polar surface area (TPSA) is 88.8 Å². The van der Waals surface area contributed by atoms with Gasteiger partial charge in [-0.25, -0.2) is 4.79 Å². The number of carbonyl (C=O) groups is 2. The fraction of sp³-hybridized carbons (Fsp3) is 0.333. The maximum absolute atomic E-state index is 12.4. The van der Waals surface area contributed by atoms with Gasteiger partial charge in [-0.05, 0) is 13.0 Å². The van der Waals surface area contributed by atoms with Crippen LogP contribution in [-0.4, -0.2) is 35.7 Å². The van der Waals surface area contributed by atoms with Crippen molar-refractivity contribution in [3.8, 4) is 0 Å². The second kappa shape index (κ2) is 4.89. The number of fused-ring (bicyclic) bond motifs is 1. The third-order valence-corrected chi connectivity index (χ3v) is 3.83. The number of nitrogens with one attached hydrogen (secondary N) is 1. The molecule has 0 spiro atoms. The molecule has 2 N–H and O–H groups in total. The van der Waals surface area contributed by atoms with E-state index in [-0.39, 0.29) is 18.8 Å². The van der Waals surface area contributed by atoms with Gasteiger partial charge in [0.2, 0.25) is 0 Å². The highest BCUT2D eigenvalue weighted by atomic mass is 16.5. The van der Waals surface area contributed by atoms with E-state index in [1.807, 2.05) is 18.2 Å². The van der Waals surface area contributed by atoms with E-state index < -0.39 is 17.4 Å². The number of hydrogen-bond donors (Lipinski definition) is 2. The van der Waals surface area contributed by atoms with Gasteiger partial charge >= 0.3 is 5.97 Å². The number of ether oxygens (including phenoxy) is 1. The summed E-state index contributed by atoms with van der Waals surface area (Å²) < 4.78 is 10.7. The van der Waals surface area contributed by atoms with Crippen molar-refractivity contribution in [2.24, 2.45) is 0 Å². The Hall–Kier alpha value is -2.34. The molecule has 2 heterocycles. The third kappa shape index (κ3) is 2.17. The molecule has 0 saturated carbocycles. The summed E-state index contributed by atoms with van der Waals surface area (Å²) in [7, 11) is 0. The highest BCUT2D eigenvalue weighted by Gasteiger charge is 2.44. The summed E-state index contributed by atoms with van der Waals surface area (Å²) in [4.78, 5) is 23.8. The lowest BCUT2D eigenvalue weighted by Gasteiger charge is -2.23. The van der Waals surface area contributed by atoms with Gasteiger partial charge in [0.25, 0.3) is 5.91 Å². The molecule has 0 radical (unpaired) electrons. The fourth-order valence-corrected chi connectivity index (χ4v) is 2.55. The zero-order chi connectivity index (χ0) is 15.0. The molecule has 1 aliphatic rings. The smallest absolute Gasteiger partial charge is 0.331 e. The van der Waals surface area contributed by atoms with Crippen LogP contribution in [0.1, 0.15) is 22.5 Å². The first-order valence-corrected chi connectivity index (χ1v) is 6.65. The van der Waals surface area contributed by atoms with Crippen molar-refractivity contribution in [1.29, 1.82) is 0 Å². The van der Waals surface area contributed by atoms with Crippen LogP contribution in [-0.2, 0) is 9.53 Å². The highest BCUT2D eigenvalue weighted by molar-refractivity contribution is 6.01. The predicted octanol–water partition coefficient (Wildman–Crippen LogP) is 1.71. The molecule has 1 aromatic carbocycles. The summed E-state index contributed by atoms with van der Waals surface area (Å²) in [6.45, 7) is 2.05. The minimum absolute atomic E-state index is 0.0344. The summed E-state index contributed by atoms with van der Waals surface area (Å²) in [5.74, 6) is -1.48. The van der Waals surface area contributed by atoms with Crippen LogP contribution >= 0.6 is 0 Å². The Labute approximate surface area is 120 Å². The van der Waals surface area contributed by atoms with Crippen LogP contribution in [0.4, 0.5) is 0 Å². The summed E-state index contributed by atoms with van der Waals surface area (Å²) in [6, 6.07) is 7.30. The van der Waals surface area contributed by atoms with Crippen molar-refractivity contribution < 1.29 is 23.8 Å². The monoisotopic (exact) mass is 289 g/mol. The van der Waals surface area contributed by atoms with E-state index in [1.165, 1.54) is 0 Å². The van der Waals surface area contributed by atoms with Crippen molar-refractivity contribution in [2.75, 3.05) is 13.2 Å². The molecule has 110 valence electrons. The molecule has 6 heteroatoms. The number of carbonyl (C=O) groups excluding carboxylic acids is 1. The predicted molar refractivity (Wildman–Crippen MR) is 74.2 cm³/mol. The number of carboxylic acid groups (broad SMARTS) is 1. The number of para-hydroxylation sites is 1. The van der Waals surface area contributed by atoms with Crippen molar-refractivity contribution in [1.82, 2.24) is 5.32 Å². The van der Waals surface area contributed by atoms with Crippen LogP contribution in [0.15, 0.2) is 28.7 Å². The lowest BCUT2D eigenvalue weighted by Crippen LogP contribution is -2.55. The van der Waals surface area contributed by atoms with Crippen LogP contribution in [0.5, 0.6) is 0 Å². The molecule has 2 aromatic rings. The Bertz CT molecular complexity index is 712. The van der Waals surface area contributed by atoms with Gasteiger partial charge in [0.1, 0.15) is 5.58 Å².